The third kappa shape index (κ3) is 3.94. The molecule has 0 aliphatic heterocycles. The van der Waals surface area contributed by atoms with Crippen molar-refractivity contribution in [1.82, 2.24) is 5.32 Å². The molecule has 0 aliphatic rings. The van der Waals surface area contributed by atoms with Gasteiger partial charge < -0.3 is 25.4 Å². The first-order valence-corrected chi connectivity index (χ1v) is 5.48. The van der Waals surface area contributed by atoms with Crippen LogP contribution >= 0.6 is 0 Å². The van der Waals surface area contributed by atoms with E-state index in [1.54, 1.807) is 30.3 Å². The third-order valence-electron chi connectivity index (χ3n) is 2.50. The topological polar surface area (TPSA) is 116 Å². The SMILES string of the molecule is O=C(NC(CO)(CO)C(=O)O)OCc1ccccc1. The lowest BCUT2D eigenvalue weighted by atomic mass is 10.0. The zero-order chi connectivity index (χ0) is 14.3. The van der Waals surface area contributed by atoms with E-state index in [1.807, 2.05) is 5.32 Å². The number of aliphatic carboxylic acids is 1. The van der Waals surface area contributed by atoms with Gasteiger partial charge >= 0.3 is 12.1 Å². The van der Waals surface area contributed by atoms with Crippen LogP contribution in [0.1, 0.15) is 5.56 Å². The molecule has 0 bridgehead atoms. The summed E-state index contributed by atoms with van der Waals surface area (Å²) in [6.45, 7) is -1.93. The Bertz CT molecular complexity index is 429. The fourth-order valence-electron chi connectivity index (χ4n) is 1.27. The maximum absolute atomic E-state index is 11.4. The summed E-state index contributed by atoms with van der Waals surface area (Å²) in [4.78, 5) is 22.3. The molecule has 7 heteroatoms. The van der Waals surface area contributed by atoms with Crippen molar-refractivity contribution in [2.75, 3.05) is 13.2 Å². The van der Waals surface area contributed by atoms with E-state index in [9.17, 15) is 9.59 Å². The molecule has 0 saturated carbocycles. The molecule has 0 unspecified atom stereocenters. The first-order valence-electron chi connectivity index (χ1n) is 5.48. The van der Waals surface area contributed by atoms with Crippen LogP contribution in [0.3, 0.4) is 0 Å². The molecule has 1 aromatic rings. The number of benzene rings is 1. The first kappa shape index (κ1) is 14.9. The van der Waals surface area contributed by atoms with E-state index >= 15 is 0 Å². The van der Waals surface area contributed by atoms with Crippen LogP contribution in [0.15, 0.2) is 30.3 Å². The molecule has 0 spiro atoms. The van der Waals surface area contributed by atoms with Crippen LogP contribution in [0.5, 0.6) is 0 Å². The smallest absolute Gasteiger partial charge is 0.408 e. The summed E-state index contributed by atoms with van der Waals surface area (Å²) in [5, 5.41) is 28.7. The molecule has 0 aliphatic carbocycles. The van der Waals surface area contributed by atoms with E-state index in [0.29, 0.717) is 0 Å². The van der Waals surface area contributed by atoms with Crippen molar-refractivity contribution >= 4 is 12.1 Å². The van der Waals surface area contributed by atoms with Crippen molar-refractivity contribution in [2.45, 2.75) is 12.1 Å². The summed E-state index contributed by atoms with van der Waals surface area (Å²) in [6.07, 6.45) is -1.03. The predicted molar refractivity (Wildman–Crippen MR) is 64.3 cm³/mol. The molecular weight excluding hydrogens is 254 g/mol. The number of hydrogen-bond acceptors (Lipinski definition) is 5. The van der Waals surface area contributed by atoms with Crippen molar-refractivity contribution in [3.63, 3.8) is 0 Å². The van der Waals surface area contributed by atoms with Gasteiger partial charge in [-0.15, -0.1) is 0 Å². The number of aliphatic hydroxyl groups is 2. The van der Waals surface area contributed by atoms with Gasteiger partial charge in [0.25, 0.3) is 0 Å². The van der Waals surface area contributed by atoms with Crippen molar-refractivity contribution in [2.24, 2.45) is 0 Å². The molecule has 0 radical (unpaired) electrons. The van der Waals surface area contributed by atoms with Gasteiger partial charge in [-0.25, -0.2) is 9.59 Å². The minimum Gasteiger partial charge on any atom is -0.479 e. The number of hydrogen-bond donors (Lipinski definition) is 4. The molecule has 104 valence electrons. The molecule has 1 aromatic carbocycles. The van der Waals surface area contributed by atoms with Gasteiger partial charge in [0.2, 0.25) is 0 Å². The number of carboxylic acids is 1. The van der Waals surface area contributed by atoms with Crippen molar-refractivity contribution < 1.29 is 29.6 Å². The minimum atomic E-state index is -2.15. The summed E-state index contributed by atoms with van der Waals surface area (Å²) >= 11 is 0. The number of alkyl carbamates (subject to hydrolysis) is 1. The summed E-state index contributed by atoms with van der Waals surface area (Å²) in [5.74, 6) is -1.55. The average Bonchev–Trinajstić information content (AvgIpc) is 2.43. The number of aliphatic hydroxyl groups excluding tert-OH is 2. The highest BCUT2D eigenvalue weighted by Gasteiger charge is 2.39. The van der Waals surface area contributed by atoms with Gasteiger partial charge in [-0.3, -0.25) is 0 Å². The first-order chi connectivity index (χ1) is 9.04. The number of carboxylic acid groups (broad SMARTS) is 1. The number of ether oxygens (including phenoxy) is 1. The minimum absolute atomic E-state index is 0.0424. The zero-order valence-corrected chi connectivity index (χ0v) is 10.1. The highest BCUT2D eigenvalue weighted by molar-refractivity contribution is 5.84. The van der Waals surface area contributed by atoms with Crippen LogP contribution < -0.4 is 5.32 Å². The van der Waals surface area contributed by atoms with E-state index in [1.165, 1.54) is 0 Å². The standard InChI is InChI=1S/C12H15NO6/c14-7-12(8-15,10(16)17)13-11(18)19-6-9-4-2-1-3-5-9/h1-5,14-15H,6-8H2,(H,13,18)(H,16,17). The van der Waals surface area contributed by atoms with Gasteiger partial charge in [0.1, 0.15) is 6.61 Å². The van der Waals surface area contributed by atoms with E-state index in [0.717, 1.165) is 5.56 Å². The normalized spacial score (nSPS) is 10.8. The largest absolute Gasteiger partial charge is 0.479 e. The van der Waals surface area contributed by atoms with Crippen LogP contribution in [-0.2, 0) is 16.1 Å². The Morgan fingerprint density at radius 3 is 2.21 bits per heavy atom. The van der Waals surface area contributed by atoms with Crippen LogP contribution in [0, 0.1) is 0 Å². The highest BCUT2D eigenvalue weighted by Crippen LogP contribution is 2.05. The highest BCUT2D eigenvalue weighted by atomic mass is 16.5. The molecule has 0 saturated heterocycles. The second-order valence-corrected chi connectivity index (χ2v) is 3.89. The Kier molecular flexibility index (Phi) is 5.28. The fourth-order valence-corrected chi connectivity index (χ4v) is 1.27. The van der Waals surface area contributed by atoms with Crippen molar-refractivity contribution in [1.29, 1.82) is 0 Å². The van der Waals surface area contributed by atoms with E-state index in [-0.39, 0.29) is 6.61 Å². The molecule has 19 heavy (non-hydrogen) atoms. The summed E-state index contributed by atoms with van der Waals surface area (Å²) < 4.78 is 4.80. The third-order valence-corrected chi connectivity index (χ3v) is 2.50. The summed E-state index contributed by atoms with van der Waals surface area (Å²) in [5.41, 5.74) is -1.42. The van der Waals surface area contributed by atoms with Crippen molar-refractivity contribution in [3.05, 3.63) is 35.9 Å². The number of rotatable bonds is 6. The van der Waals surface area contributed by atoms with Gasteiger partial charge in [-0.2, -0.15) is 0 Å². The van der Waals surface area contributed by atoms with E-state index in [2.05, 4.69) is 0 Å². The van der Waals surface area contributed by atoms with Gasteiger partial charge in [0.05, 0.1) is 13.2 Å². The second-order valence-electron chi connectivity index (χ2n) is 3.89. The van der Waals surface area contributed by atoms with Gasteiger partial charge in [0, 0.05) is 0 Å². The van der Waals surface area contributed by atoms with Gasteiger partial charge in [-0.1, -0.05) is 30.3 Å². The Balaban J connectivity index is 2.57. The Hall–Kier alpha value is -2.12. The van der Waals surface area contributed by atoms with Crippen LogP contribution in [0.25, 0.3) is 0 Å². The molecule has 4 N–H and O–H groups in total. The van der Waals surface area contributed by atoms with Gasteiger partial charge in [-0.05, 0) is 5.56 Å². The maximum Gasteiger partial charge on any atom is 0.408 e. The molecule has 1 rings (SSSR count). The molecule has 1 amide bonds. The molecule has 0 aromatic heterocycles. The summed E-state index contributed by atoms with van der Waals surface area (Å²) in [6, 6.07) is 8.79. The lowest BCUT2D eigenvalue weighted by Gasteiger charge is -2.25. The van der Waals surface area contributed by atoms with Gasteiger partial charge in [0.15, 0.2) is 5.54 Å². The van der Waals surface area contributed by atoms with Crippen LogP contribution in [0.2, 0.25) is 0 Å². The summed E-state index contributed by atoms with van der Waals surface area (Å²) in [7, 11) is 0. The van der Waals surface area contributed by atoms with E-state index < -0.39 is 30.8 Å². The average molecular weight is 269 g/mol. The molecule has 0 atom stereocenters. The molecule has 0 heterocycles. The lowest BCUT2D eigenvalue weighted by Crippen LogP contribution is -2.60. The fraction of sp³-hybridized carbons (Fsp3) is 0.333. The van der Waals surface area contributed by atoms with E-state index in [4.69, 9.17) is 20.1 Å². The zero-order valence-electron chi connectivity index (χ0n) is 10.1. The van der Waals surface area contributed by atoms with Crippen LogP contribution in [-0.4, -0.2) is 46.1 Å². The Morgan fingerprint density at radius 1 is 1.16 bits per heavy atom. The quantitative estimate of drug-likeness (QED) is 0.564. The molecular formula is C12H15NO6. The number of carbonyl (C=O) groups excluding carboxylic acids is 1. The Morgan fingerprint density at radius 2 is 1.74 bits per heavy atom. The van der Waals surface area contributed by atoms with Crippen LogP contribution in [0.4, 0.5) is 4.79 Å². The number of amides is 1. The monoisotopic (exact) mass is 269 g/mol. The second kappa shape index (κ2) is 6.72. The molecule has 0 fully saturated rings. The predicted octanol–water partition coefficient (Wildman–Crippen LogP) is -0.279. The number of carbonyl (C=O) groups is 2. The number of nitrogens with one attached hydrogen (secondary N) is 1. The maximum atomic E-state index is 11.4. The lowest BCUT2D eigenvalue weighted by molar-refractivity contribution is -0.148. The van der Waals surface area contributed by atoms with Crippen molar-refractivity contribution in [3.8, 4) is 0 Å². The Labute approximate surface area is 109 Å². The molecule has 7 nitrogen and oxygen atoms in total.